The number of hydrogen-bond donors (Lipinski definition) is 3. The number of alkyl halides is 3. The van der Waals surface area contributed by atoms with Crippen LogP contribution in [0.3, 0.4) is 0 Å². The Morgan fingerprint density at radius 1 is 1.40 bits per heavy atom. The van der Waals surface area contributed by atoms with Gasteiger partial charge in [-0.15, -0.1) is 0 Å². The molecule has 0 saturated heterocycles. The second-order valence-corrected chi connectivity index (χ2v) is 4.03. The second kappa shape index (κ2) is 4.84. The number of carbonyl (C=O) groups is 1. The number of carbonyl (C=O) groups excluding carboxylic acids is 1. The molecule has 2 unspecified atom stereocenters. The molecule has 1 aliphatic rings. The van der Waals surface area contributed by atoms with Crippen molar-refractivity contribution in [3.8, 4) is 0 Å². The third kappa shape index (κ3) is 2.37. The van der Waals surface area contributed by atoms with E-state index in [0.717, 1.165) is 0 Å². The fourth-order valence-corrected chi connectivity index (χ4v) is 1.82. The van der Waals surface area contributed by atoms with Crippen LogP contribution in [0, 0.1) is 0 Å². The normalized spacial score (nSPS) is 22.9. The van der Waals surface area contributed by atoms with Crippen molar-refractivity contribution in [2.45, 2.75) is 18.6 Å². The average Bonchev–Trinajstić information content (AvgIpc) is 2.92. The van der Waals surface area contributed by atoms with E-state index in [1.807, 2.05) is 0 Å². The summed E-state index contributed by atoms with van der Waals surface area (Å²) in [6.07, 6.45) is -8.10. The smallest absolute Gasteiger partial charge is 0.416 e. The molecule has 1 aliphatic heterocycles. The van der Waals surface area contributed by atoms with E-state index < -0.39 is 30.1 Å². The zero-order valence-electron chi connectivity index (χ0n) is 10.2. The number of amides is 1. The maximum Gasteiger partial charge on any atom is 0.416 e. The standard InChI is InChI=1S/C11H11F3N2O4/c1-15-9(18)6-2-3-8(20-6)16-7(17)4-5(10(16)19)11(12,13)14/h2-4,7,10,17,19H,1H3,(H,15,18). The Kier molecular flexibility index (Phi) is 3.48. The first-order chi connectivity index (χ1) is 9.25. The van der Waals surface area contributed by atoms with Crippen molar-refractivity contribution in [2.75, 3.05) is 11.9 Å². The van der Waals surface area contributed by atoms with E-state index in [4.69, 9.17) is 4.42 Å². The minimum Gasteiger partial charge on any atom is -0.435 e. The van der Waals surface area contributed by atoms with Gasteiger partial charge in [0.1, 0.15) is 0 Å². The van der Waals surface area contributed by atoms with Gasteiger partial charge in [0.2, 0.25) is 5.88 Å². The number of hydrogen-bond acceptors (Lipinski definition) is 5. The van der Waals surface area contributed by atoms with Crippen LogP contribution in [0.25, 0.3) is 0 Å². The number of rotatable bonds is 2. The highest BCUT2D eigenvalue weighted by molar-refractivity contribution is 5.91. The van der Waals surface area contributed by atoms with Gasteiger partial charge in [0.05, 0.1) is 5.57 Å². The van der Waals surface area contributed by atoms with Gasteiger partial charge in [-0.1, -0.05) is 0 Å². The number of halogens is 3. The molecule has 2 rings (SSSR count). The highest BCUT2D eigenvalue weighted by Gasteiger charge is 2.47. The molecule has 1 aromatic heterocycles. The Hall–Kier alpha value is -2.00. The molecular weight excluding hydrogens is 281 g/mol. The van der Waals surface area contributed by atoms with Gasteiger partial charge < -0.3 is 19.9 Å². The lowest BCUT2D eigenvalue weighted by Crippen LogP contribution is -2.39. The number of furan rings is 1. The van der Waals surface area contributed by atoms with E-state index in [9.17, 15) is 28.2 Å². The van der Waals surface area contributed by atoms with Crippen LogP contribution in [0.15, 0.2) is 28.2 Å². The first kappa shape index (κ1) is 14.4. The predicted molar refractivity (Wildman–Crippen MR) is 60.7 cm³/mol. The van der Waals surface area contributed by atoms with Crippen molar-refractivity contribution in [2.24, 2.45) is 0 Å². The van der Waals surface area contributed by atoms with Crippen molar-refractivity contribution in [3.05, 3.63) is 29.5 Å². The molecule has 0 spiro atoms. The number of anilines is 1. The minimum absolute atomic E-state index is 0.151. The third-order valence-electron chi connectivity index (χ3n) is 2.78. The summed E-state index contributed by atoms with van der Waals surface area (Å²) >= 11 is 0. The molecule has 0 aromatic carbocycles. The van der Waals surface area contributed by atoms with Crippen molar-refractivity contribution >= 4 is 11.8 Å². The van der Waals surface area contributed by atoms with E-state index in [1.165, 1.54) is 19.2 Å². The molecule has 0 aliphatic carbocycles. The van der Waals surface area contributed by atoms with Gasteiger partial charge in [0, 0.05) is 13.1 Å². The first-order valence-electron chi connectivity index (χ1n) is 5.51. The number of aliphatic hydroxyl groups is 2. The van der Waals surface area contributed by atoms with Gasteiger partial charge in [0.15, 0.2) is 18.2 Å². The Bertz CT molecular complexity index is 552. The summed E-state index contributed by atoms with van der Waals surface area (Å²) < 4.78 is 42.8. The summed E-state index contributed by atoms with van der Waals surface area (Å²) in [5, 5.41) is 21.5. The molecule has 3 N–H and O–H groups in total. The Morgan fingerprint density at radius 2 is 2.05 bits per heavy atom. The van der Waals surface area contributed by atoms with Crippen LogP contribution in [0.5, 0.6) is 0 Å². The largest absolute Gasteiger partial charge is 0.435 e. The molecule has 0 saturated carbocycles. The fraction of sp³-hybridized carbons (Fsp3) is 0.364. The Balaban J connectivity index is 2.27. The van der Waals surface area contributed by atoms with Gasteiger partial charge in [-0.05, 0) is 12.1 Å². The fourth-order valence-electron chi connectivity index (χ4n) is 1.82. The van der Waals surface area contributed by atoms with Crippen LogP contribution in [0.2, 0.25) is 0 Å². The quantitative estimate of drug-likeness (QED) is 0.694. The maximum absolute atomic E-state index is 12.6. The SMILES string of the molecule is CNC(=O)c1ccc(N2C(O)C=C(C(F)(F)F)C2O)o1. The molecule has 110 valence electrons. The predicted octanol–water partition coefficient (Wildman–Crippen LogP) is 0.585. The lowest BCUT2D eigenvalue weighted by molar-refractivity contribution is -0.103. The number of nitrogens with zero attached hydrogens (tertiary/aromatic N) is 1. The van der Waals surface area contributed by atoms with Crippen LogP contribution in [0.1, 0.15) is 10.6 Å². The van der Waals surface area contributed by atoms with Crippen molar-refractivity contribution in [1.82, 2.24) is 5.32 Å². The molecule has 2 heterocycles. The van der Waals surface area contributed by atoms with E-state index in [2.05, 4.69) is 5.32 Å². The molecule has 0 fully saturated rings. The van der Waals surface area contributed by atoms with Crippen molar-refractivity contribution in [3.63, 3.8) is 0 Å². The van der Waals surface area contributed by atoms with E-state index in [0.29, 0.717) is 11.0 Å². The summed E-state index contributed by atoms with van der Waals surface area (Å²) in [6, 6.07) is 2.41. The van der Waals surface area contributed by atoms with Crippen LogP contribution < -0.4 is 10.2 Å². The second-order valence-electron chi connectivity index (χ2n) is 4.03. The lowest BCUT2D eigenvalue weighted by atomic mass is 10.2. The van der Waals surface area contributed by atoms with Crippen molar-refractivity contribution in [1.29, 1.82) is 0 Å². The zero-order chi connectivity index (χ0) is 15.1. The van der Waals surface area contributed by atoms with Crippen molar-refractivity contribution < 1.29 is 32.6 Å². The minimum atomic E-state index is -4.77. The zero-order valence-corrected chi connectivity index (χ0v) is 10.2. The summed E-state index contributed by atoms with van der Waals surface area (Å²) in [5.41, 5.74) is -1.29. The van der Waals surface area contributed by atoms with Gasteiger partial charge in [0.25, 0.3) is 5.91 Å². The first-order valence-corrected chi connectivity index (χ1v) is 5.51. The number of nitrogens with one attached hydrogen (secondary N) is 1. The van der Waals surface area contributed by atoms with Gasteiger partial charge in [-0.25, -0.2) is 0 Å². The Morgan fingerprint density at radius 3 is 2.55 bits per heavy atom. The molecule has 6 nitrogen and oxygen atoms in total. The highest BCUT2D eigenvalue weighted by Crippen LogP contribution is 2.37. The topological polar surface area (TPSA) is 85.9 Å². The summed E-state index contributed by atoms with van der Waals surface area (Å²) in [4.78, 5) is 11.9. The van der Waals surface area contributed by atoms with E-state index in [-0.39, 0.29) is 11.6 Å². The molecule has 0 bridgehead atoms. The molecular formula is C11H11F3N2O4. The average molecular weight is 292 g/mol. The molecule has 0 radical (unpaired) electrons. The number of aliphatic hydroxyl groups excluding tert-OH is 2. The van der Waals surface area contributed by atoms with Gasteiger partial charge in [-0.3, -0.25) is 9.69 Å². The molecule has 9 heteroatoms. The van der Waals surface area contributed by atoms with E-state index in [1.54, 1.807) is 0 Å². The lowest BCUT2D eigenvalue weighted by Gasteiger charge is -2.25. The summed E-state index contributed by atoms with van der Waals surface area (Å²) in [5.74, 6) is -0.982. The van der Waals surface area contributed by atoms with Crippen LogP contribution in [-0.2, 0) is 0 Å². The van der Waals surface area contributed by atoms with Crippen LogP contribution in [-0.4, -0.2) is 41.8 Å². The molecule has 1 aromatic rings. The van der Waals surface area contributed by atoms with Gasteiger partial charge in [-0.2, -0.15) is 13.2 Å². The van der Waals surface area contributed by atoms with Crippen LogP contribution in [0.4, 0.5) is 19.1 Å². The molecule has 1 amide bonds. The maximum atomic E-state index is 12.6. The summed E-state index contributed by atoms with van der Waals surface area (Å²) in [7, 11) is 1.35. The Labute approximate surface area is 111 Å². The van der Waals surface area contributed by atoms with E-state index >= 15 is 0 Å². The van der Waals surface area contributed by atoms with Gasteiger partial charge >= 0.3 is 6.18 Å². The highest BCUT2D eigenvalue weighted by atomic mass is 19.4. The molecule has 2 atom stereocenters. The summed E-state index contributed by atoms with van der Waals surface area (Å²) in [6.45, 7) is 0. The molecule has 20 heavy (non-hydrogen) atoms. The monoisotopic (exact) mass is 292 g/mol. The third-order valence-corrected chi connectivity index (χ3v) is 2.78. The van der Waals surface area contributed by atoms with Crippen LogP contribution >= 0.6 is 0 Å².